The van der Waals surface area contributed by atoms with E-state index < -0.39 is 0 Å². The highest BCUT2D eigenvalue weighted by molar-refractivity contribution is 14.0. The van der Waals surface area contributed by atoms with Gasteiger partial charge in [0.05, 0.1) is 20.3 Å². The fraction of sp³-hybridized carbons (Fsp3) is 0.632. The highest BCUT2D eigenvalue weighted by Crippen LogP contribution is 2.18. The number of nitrogens with zero attached hydrogens (tertiary/aromatic N) is 2. The summed E-state index contributed by atoms with van der Waals surface area (Å²) in [6.07, 6.45) is 1.19. The molecular formula is C19H32IN3O3. The predicted octanol–water partition coefficient (Wildman–Crippen LogP) is 3.01. The summed E-state index contributed by atoms with van der Waals surface area (Å²) < 4.78 is 16.6. The molecule has 1 aromatic carbocycles. The normalized spacial score (nSPS) is 18.2. The highest BCUT2D eigenvalue weighted by atomic mass is 127. The Balaban J connectivity index is 0.00000338. The van der Waals surface area contributed by atoms with Gasteiger partial charge in [0.1, 0.15) is 17.6 Å². The largest absolute Gasteiger partial charge is 0.497 e. The number of hydrogen-bond donors (Lipinski definition) is 1. The van der Waals surface area contributed by atoms with Gasteiger partial charge in [-0.3, -0.25) is 4.99 Å². The number of nitrogens with one attached hydrogen (secondary N) is 1. The molecule has 7 heteroatoms. The molecular weight excluding hydrogens is 445 g/mol. The van der Waals surface area contributed by atoms with Gasteiger partial charge >= 0.3 is 0 Å². The van der Waals surface area contributed by atoms with Gasteiger partial charge in [-0.2, -0.15) is 0 Å². The first-order valence-electron chi connectivity index (χ1n) is 9.00. The van der Waals surface area contributed by atoms with Crippen molar-refractivity contribution in [1.29, 1.82) is 0 Å². The molecule has 1 saturated heterocycles. The van der Waals surface area contributed by atoms with E-state index in [2.05, 4.69) is 15.2 Å². The molecule has 0 bridgehead atoms. The molecule has 1 aliphatic rings. The molecule has 0 radical (unpaired) electrons. The third kappa shape index (κ3) is 7.19. The monoisotopic (exact) mass is 477 g/mol. The highest BCUT2D eigenvalue weighted by Gasteiger charge is 2.25. The lowest BCUT2D eigenvalue weighted by Crippen LogP contribution is -2.43. The van der Waals surface area contributed by atoms with Crippen LogP contribution in [0.1, 0.15) is 20.3 Å². The lowest BCUT2D eigenvalue weighted by atomic mass is 10.1. The molecule has 1 aliphatic heterocycles. The number of likely N-dealkylation sites (tertiary alicyclic amines) is 1. The smallest absolute Gasteiger partial charge is 0.193 e. The van der Waals surface area contributed by atoms with E-state index in [4.69, 9.17) is 14.2 Å². The number of ether oxygens (including phenoxy) is 3. The van der Waals surface area contributed by atoms with Crippen LogP contribution in [0.2, 0.25) is 0 Å². The van der Waals surface area contributed by atoms with Crippen molar-refractivity contribution in [3.63, 3.8) is 0 Å². The number of rotatable bonds is 8. The third-order valence-electron chi connectivity index (χ3n) is 4.30. The first kappa shape index (κ1) is 22.8. The van der Waals surface area contributed by atoms with Crippen molar-refractivity contribution in [3.8, 4) is 11.5 Å². The van der Waals surface area contributed by atoms with Crippen LogP contribution in [0, 0.1) is 5.92 Å². The SMILES string of the molecule is CCOCC1CCN(C(=NC)NCC(C)Oc2ccc(OC)cc2)C1.I. The first-order chi connectivity index (χ1) is 12.2. The summed E-state index contributed by atoms with van der Waals surface area (Å²) in [6.45, 7) is 8.41. The van der Waals surface area contributed by atoms with Gasteiger partial charge in [0.15, 0.2) is 5.96 Å². The molecule has 0 aliphatic carbocycles. The van der Waals surface area contributed by atoms with Crippen molar-refractivity contribution in [2.24, 2.45) is 10.9 Å². The van der Waals surface area contributed by atoms with Crippen LogP contribution in [0.5, 0.6) is 11.5 Å². The molecule has 1 fully saturated rings. The van der Waals surface area contributed by atoms with Crippen LogP contribution in [0.4, 0.5) is 0 Å². The van der Waals surface area contributed by atoms with Gasteiger partial charge < -0.3 is 24.4 Å². The summed E-state index contributed by atoms with van der Waals surface area (Å²) in [6, 6.07) is 7.64. The Morgan fingerprint density at radius 1 is 1.31 bits per heavy atom. The standard InChI is InChI=1S/C19H31N3O3.HI/c1-5-24-14-16-10-11-22(13-16)19(20-3)21-12-15(2)25-18-8-6-17(23-4)7-9-18;/h6-9,15-16H,5,10-14H2,1-4H3,(H,20,21);1H. The molecule has 0 spiro atoms. The Labute approximate surface area is 174 Å². The van der Waals surface area contributed by atoms with E-state index in [0.717, 1.165) is 50.2 Å². The molecule has 2 rings (SSSR count). The molecule has 0 saturated carbocycles. The molecule has 2 unspecified atom stereocenters. The van der Waals surface area contributed by atoms with Gasteiger partial charge in [-0.15, -0.1) is 24.0 Å². The van der Waals surface area contributed by atoms with E-state index >= 15 is 0 Å². The summed E-state index contributed by atoms with van der Waals surface area (Å²) in [7, 11) is 3.48. The van der Waals surface area contributed by atoms with Crippen LogP contribution >= 0.6 is 24.0 Å². The van der Waals surface area contributed by atoms with Crippen molar-refractivity contribution >= 4 is 29.9 Å². The lowest BCUT2D eigenvalue weighted by molar-refractivity contribution is 0.114. The molecule has 0 aromatic heterocycles. The average molecular weight is 477 g/mol. The van der Waals surface area contributed by atoms with Gasteiger partial charge in [0, 0.05) is 32.7 Å². The van der Waals surface area contributed by atoms with Crippen LogP contribution in [-0.4, -0.2) is 64.0 Å². The van der Waals surface area contributed by atoms with Crippen molar-refractivity contribution < 1.29 is 14.2 Å². The summed E-state index contributed by atoms with van der Waals surface area (Å²) in [5.41, 5.74) is 0. The Bertz CT molecular complexity index is 539. The maximum absolute atomic E-state index is 5.93. The van der Waals surface area contributed by atoms with Gasteiger partial charge in [-0.25, -0.2) is 0 Å². The Hall–Kier alpha value is -1.22. The quantitative estimate of drug-likeness (QED) is 0.355. The lowest BCUT2D eigenvalue weighted by Gasteiger charge is -2.23. The van der Waals surface area contributed by atoms with Gasteiger partial charge in [0.2, 0.25) is 0 Å². The number of methoxy groups -OCH3 is 1. The van der Waals surface area contributed by atoms with E-state index in [1.54, 1.807) is 7.11 Å². The van der Waals surface area contributed by atoms with Crippen LogP contribution < -0.4 is 14.8 Å². The average Bonchev–Trinajstić information content (AvgIpc) is 3.10. The minimum absolute atomic E-state index is 0. The number of aliphatic imine (C=N–C) groups is 1. The molecule has 2 atom stereocenters. The number of guanidine groups is 1. The Morgan fingerprint density at radius 2 is 2.00 bits per heavy atom. The number of halogens is 1. The second-order valence-corrected chi connectivity index (χ2v) is 6.29. The molecule has 1 N–H and O–H groups in total. The fourth-order valence-corrected chi connectivity index (χ4v) is 2.94. The summed E-state index contributed by atoms with van der Waals surface area (Å²) >= 11 is 0. The molecule has 0 amide bonds. The zero-order chi connectivity index (χ0) is 18.1. The van der Waals surface area contributed by atoms with Crippen LogP contribution in [0.25, 0.3) is 0 Å². The summed E-state index contributed by atoms with van der Waals surface area (Å²) in [5.74, 6) is 3.19. The zero-order valence-electron chi connectivity index (χ0n) is 16.2. The van der Waals surface area contributed by atoms with Crippen molar-refractivity contribution in [2.75, 3.05) is 47.0 Å². The minimum Gasteiger partial charge on any atom is -0.497 e. The van der Waals surface area contributed by atoms with E-state index in [9.17, 15) is 0 Å². The van der Waals surface area contributed by atoms with Crippen molar-refractivity contribution in [1.82, 2.24) is 10.2 Å². The van der Waals surface area contributed by atoms with Crippen molar-refractivity contribution in [3.05, 3.63) is 24.3 Å². The molecule has 26 heavy (non-hydrogen) atoms. The minimum atomic E-state index is 0. The molecule has 1 aromatic rings. The van der Waals surface area contributed by atoms with E-state index in [-0.39, 0.29) is 30.1 Å². The summed E-state index contributed by atoms with van der Waals surface area (Å²) in [5, 5.41) is 3.42. The molecule has 1 heterocycles. The second kappa shape index (κ2) is 12.2. The summed E-state index contributed by atoms with van der Waals surface area (Å²) in [4.78, 5) is 6.70. The molecule has 148 valence electrons. The first-order valence-corrected chi connectivity index (χ1v) is 9.00. The predicted molar refractivity (Wildman–Crippen MR) is 116 cm³/mol. The van der Waals surface area contributed by atoms with Crippen molar-refractivity contribution in [2.45, 2.75) is 26.4 Å². The fourth-order valence-electron chi connectivity index (χ4n) is 2.94. The van der Waals surface area contributed by atoms with Gasteiger partial charge in [-0.1, -0.05) is 0 Å². The van der Waals surface area contributed by atoms with Gasteiger partial charge in [-0.05, 0) is 44.5 Å². The Morgan fingerprint density at radius 3 is 2.62 bits per heavy atom. The second-order valence-electron chi connectivity index (χ2n) is 6.29. The van der Waals surface area contributed by atoms with Gasteiger partial charge in [0.25, 0.3) is 0 Å². The Kier molecular flexibility index (Phi) is 10.7. The topological polar surface area (TPSA) is 55.3 Å². The number of hydrogen-bond acceptors (Lipinski definition) is 4. The van der Waals surface area contributed by atoms with Crippen LogP contribution in [-0.2, 0) is 4.74 Å². The maximum atomic E-state index is 5.93. The van der Waals surface area contributed by atoms with E-state index in [1.165, 1.54) is 0 Å². The maximum Gasteiger partial charge on any atom is 0.193 e. The molecule has 6 nitrogen and oxygen atoms in total. The van der Waals surface area contributed by atoms with E-state index in [1.807, 2.05) is 45.2 Å². The van der Waals surface area contributed by atoms with Crippen LogP contribution in [0.15, 0.2) is 29.3 Å². The number of benzene rings is 1. The van der Waals surface area contributed by atoms with Crippen LogP contribution in [0.3, 0.4) is 0 Å². The third-order valence-corrected chi connectivity index (χ3v) is 4.30. The zero-order valence-corrected chi connectivity index (χ0v) is 18.6. The van der Waals surface area contributed by atoms with E-state index in [0.29, 0.717) is 12.5 Å².